The Kier molecular flexibility index (Phi) is 7.09. The van der Waals surface area contributed by atoms with Crippen LogP contribution in [0.15, 0.2) is 65.7 Å². The molecule has 0 bridgehead atoms. The molecule has 0 aromatic heterocycles. The molecular weight excluding hydrogens is 392 g/mol. The fourth-order valence-corrected chi connectivity index (χ4v) is 2.47. The van der Waals surface area contributed by atoms with Crippen LogP contribution in [-0.4, -0.2) is 12.6 Å². The first-order valence-corrected chi connectivity index (χ1v) is 8.38. The summed E-state index contributed by atoms with van der Waals surface area (Å²) in [6, 6.07) is 13.1. The molecule has 0 saturated heterocycles. The molecule has 0 spiro atoms. The molecule has 5 heteroatoms. The summed E-state index contributed by atoms with van der Waals surface area (Å²) in [6.45, 7) is 4.13. The molecule has 2 aromatic rings. The van der Waals surface area contributed by atoms with Crippen molar-refractivity contribution in [3.8, 4) is 5.75 Å². The predicted molar refractivity (Wildman–Crippen MR) is 100 cm³/mol. The Morgan fingerprint density at radius 2 is 1.96 bits per heavy atom. The molecule has 124 valence electrons. The van der Waals surface area contributed by atoms with Crippen molar-refractivity contribution in [1.29, 1.82) is 0 Å². The van der Waals surface area contributed by atoms with Crippen LogP contribution in [-0.2, 0) is 16.1 Å². The minimum atomic E-state index is -0.408. The first kappa shape index (κ1) is 18.3. The molecule has 3 nitrogen and oxygen atoms in total. The molecule has 0 N–H and O–H groups in total. The highest BCUT2D eigenvalue weighted by Gasteiger charge is 2.03. The van der Waals surface area contributed by atoms with Crippen LogP contribution >= 0.6 is 27.5 Å². The lowest BCUT2D eigenvalue weighted by atomic mass is 10.2. The smallest absolute Gasteiger partial charge is 0.331 e. The summed E-state index contributed by atoms with van der Waals surface area (Å²) in [6.07, 6.45) is 4.58. The third-order valence-electron chi connectivity index (χ3n) is 3.02. The van der Waals surface area contributed by atoms with Crippen molar-refractivity contribution in [1.82, 2.24) is 0 Å². The molecule has 2 rings (SSSR count). The first-order valence-electron chi connectivity index (χ1n) is 7.21. The highest BCUT2D eigenvalue weighted by atomic mass is 79.9. The van der Waals surface area contributed by atoms with Gasteiger partial charge in [-0.2, -0.15) is 0 Å². The second kappa shape index (κ2) is 9.30. The van der Waals surface area contributed by atoms with E-state index in [1.165, 1.54) is 12.2 Å². The summed E-state index contributed by atoms with van der Waals surface area (Å²) in [7, 11) is 0. The number of ether oxygens (including phenoxy) is 2. The molecule has 0 saturated carbocycles. The maximum Gasteiger partial charge on any atom is 0.331 e. The second-order valence-electron chi connectivity index (χ2n) is 4.86. The summed E-state index contributed by atoms with van der Waals surface area (Å²) < 4.78 is 11.5. The van der Waals surface area contributed by atoms with Crippen LogP contribution in [0.3, 0.4) is 0 Å². The van der Waals surface area contributed by atoms with Crippen LogP contribution in [0.2, 0.25) is 5.02 Å². The van der Waals surface area contributed by atoms with Gasteiger partial charge in [-0.25, -0.2) is 4.79 Å². The van der Waals surface area contributed by atoms with E-state index in [-0.39, 0.29) is 6.61 Å². The SMILES string of the molecule is C=CCOC(=O)/C=C/c1ccc(OCc2ccc(Cl)cc2)c(Br)c1. The molecule has 0 aliphatic rings. The lowest BCUT2D eigenvalue weighted by molar-refractivity contribution is -0.136. The van der Waals surface area contributed by atoms with E-state index in [0.29, 0.717) is 11.6 Å². The second-order valence-corrected chi connectivity index (χ2v) is 6.15. The molecule has 24 heavy (non-hydrogen) atoms. The molecule has 0 amide bonds. The van der Waals surface area contributed by atoms with Crippen molar-refractivity contribution in [2.75, 3.05) is 6.61 Å². The van der Waals surface area contributed by atoms with Gasteiger partial charge in [0.2, 0.25) is 0 Å². The number of halogens is 2. The van der Waals surface area contributed by atoms with E-state index in [4.69, 9.17) is 21.1 Å². The zero-order valence-electron chi connectivity index (χ0n) is 12.9. The summed E-state index contributed by atoms with van der Waals surface area (Å²) >= 11 is 9.33. The van der Waals surface area contributed by atoms with E-state index in [1.54, 1.807) is 6.08 Å². The number of carbonyl (C=O) groups is 1. The Bertz CT molecular complexity index is 739. The zero-order valence-corrected chi connectivity index (χ0v) is 15.2. The van der Waals surface area contributed by atoms with Crippen LogP contribution in [0.25, 0.3) is 6.08 Å². The van der Waals surface area contributed by atoms with Gasteiger partial charge in [0.15, 0.2) is 0 Å². The first-order chi connectivity index (χ1) is 11.6. The molecule has 0 unspecified atom stereocenters. The molecule has 2 aromatic carbocycles. The van der Waals surface area contributed by atoms with Crippen molar-refractivity contribution in [3.05, 3.63) is 81.8 Å². The highest BCUT2D eigenvalue weighted by molar-refractivity contribution is 9.10. The topological polar surface area (TPSA) is 35.5 Å². The summed E-state index contributed by atoms with van der Waals surface area (Å²) in [5, 5.41) is 0.697. The van der Waals surface area contributed by atoms with Gasteiger partial charge in [0.25, 0.3) is 0 Å². The predicted octanol–water partition coefficient (Wildman–Crippen LogP) is 5.42. The average Bonchev–Trinajstić information content (AvgIpc) is 2.58. The highest BCUT2D eigenvalue weighted by Crippen LogP contribution is 2.27. The summed E-state index contributed by atoms with van der Waals surface area (Å²) in [5.41, 5.74) is 1.89. The molecule has 0 aliphatic carbocycles. The van der Waals surface area contributed by atoms with E-state index in [1.807, 2.05) is 42.5 Å². The molecule has 0 atom stereocenters. The van der Waals surface area contributed by atoms with Gasteiger partial charge in [-0.15, -0.1) is 0 Å². The van der Waals surface area contributed by atoms with E-state index < -0.39 is 5.97 Å². The minimum absolute atomic E-state index is 0.199. The number of hydrogen-bond acceptors (Lipinski definition) is 3. The lowest BCUT2D eigenvalue weighted by Crippen LogP contribution is -1.99. The van der Waals surface area contributed by atoms with Crippen molar-refractivity contribution >= 4 is 39.6 Å². The Morgan fingerprint density at radius 3 is 2.62 bits per heavy atom. The maximum absolute atomic E-state index is 11.4. The normalized spacial score (nSPS) is 10.6. The standard InChI is InChI=1S/C19H16BrClO3/c1-2-11-23-19(22)10-6-14-5-9-18(17(20)12-14)24-13-15-3-7-16(21)8-4-15/h2-10,12H,1,11,13H2/b10-6+. The summed E-state index contributed by atoms with van der Waals surface area (Å²) in [4.78, 5) is 11.4. The van der Waals surface area contributed by atoms with Gasteiger partial charge in [0.05, 0.1) is 4.47 Å². The van der Waals surface area contributed by atoms with Gasteiger partial charge in [-0.05, 0) is 57.4 Å². The molecule has 0 aliphatic heterocycles. The van der Waals surface area contributed by atoms with E-state index in [9.17, 15) is 4.79 Å². The number of hydrogen-bond donors (Lipinski definition) is 0. The Morgan fingerprint density at radius 1 is 1.21 bits per heavy atom. The summed E-state index contributed by atoms with van der Waals surface area (Å²) in [5.74, 6) is 0.311. The fourth-order valence-electron chi connectivity index (χ4n) is 1.83. The third kappa shape index (κ3) is 5.87. The fraction of sp³-hybridized carbons (Fsp3) is 0.105. The van der Waals surface area contributed by atoms with Gasteiger partial charge in [-0.3, -0.25) is 0 Å². The molecule has 0 fully saturated rings. The van der Waals surface area contributed by atoms with Crippen molar-refractivity contribution in [3.63, 3.8) is 0 Å². The largest absolute Gasteiger partial charge is 0.488 e. The van der Waals surface area contributed by atoms with Crippen LogP contribution in [0.4, 0.5) is 0 Å². The van der Waals surface area contributed by atoms with Crippen molar-refractivity contribution < 1.29 is 14.3 Å². The number of carbonyl (C=O) groups excluding carboxylic acids is 1. The van der Waals surface area contributed by atoms with E-state index in [0.717, 1.165) is 21.3 Å². The Hall–Kier alpha value is -2.04. The minimum Gasteiger partial charge on any atom is -0.488 e. The van der Waals surface area contributed by atoms with Gasteiger partial charge in [0, 0.05) is 11.1 Å². The van der Waals surface area contributed by atoms with Crippen LogP contribution in [0, 0.1) is 0 Å². The van der Waals surface area contributed by atoms with Crippen molar-refractivity contribution in [2.24, 2.45) is 0 Å². The van der Waals surface area contributed by atoms with Gasteiger partial charge >= 0.3 is 5.97 Å². The monoisotopic (exact) mass is 406 g/mol. The maximum atomic E-state index is 11.4. The average molecular weight is 408 g/mol. The Labute approximate surface area is 154 Å². The molecular formula is C19H16BrClO3. The van der Waals surface area contributed by atoms with Gasteiger partial charge in [-0.1, -0.05) is 42.5 Å². The Balaban J connectivity index is 1.96. The molecule has 0 heterocycles. The van der Waals surface area contributed by atoms with Crippen LogP contribution < -0.4 is 4.74 Å². The lowest BCUT2D eigenvalue weighted by Gasteiger charge is -2.09. The zero-order chi connectivity index (χ0) is 17.4. The third-order valence-corrected chi connectivity index (χ3v) is 3.89. The van der Waals surface area contributed by atoms with Crippen LogP contribution in [0.1, 0.15) is 11.1 Å². The van der Waals surface area contributed by atoms with Crippen molar-refractivity contribution in [2.45, 2.75) is 6.61 Å². The van der Waals surface area contributed by atoms with Gasteiger partial charge in [0.1, 0.15) is 19.0 Å². The van der Waals surface area contributed by atoms with E-state index in [2.05, 4.69) is 22.5 Å². The van der Waals surface area contributed by atoms with E-state index >= 15 is 0 Å². The molecule has 0 radical (unpaired) electrons. The number of esters is 1. The van der Waals surface area contributed by atoms with Crippen LogP contribution in [0.5, 0.6) is 5.75 Å². The van der Waals surface area contributed by atoms with Gasteiger partial charge < -0.3 is 9.47 Å². The number of benzene rings is 2. The quantitative estimate of drug-likeness (QED) is 0.349. The number of rotatable bonds is 7.